The predicted octanol–water partition coefficient (Wildman–Crippen LogP) is 13.8. The minimum absolute atomic E-state index is 0.487. The molecule has 10 aromatic rings. The lowest BCUT2D eigenvalue weighted by Gasteiger charge is -2.33. The van der Waals surface area contributed by atoms with Gasteiger partial charge in [-0.1, -0.05) is 127 Å². The Hall–Kier alpha value is -6.42. The van der Waals surface area contributed by atoms with E-state index in [1.54, 1.807) is 0 Å². The molecule has 0 fully saturated rings. The molecule has 0 saturated carbocycles. The van der Waals surface area contributed by atoms with E-state index in [-0.39, 0.29) is 0 Å². The van der Waals surface area contributed by atoms with E-state index >= 15 is 0 Å². The molecule has 2 nitrogen and oxygen atoms in total. The van der Waals surface area contributed by atoms with Crippen LogP contribution in [0.5, 0.6) is 0 Å². The molecule has 0 spiro atoms. The van der Waals surface area contributed by atoms with Crippen LogP contribution in [0, 0.1) is 0 Å². The van der Waals surface area contributed by atoms with E-state index in [0.717, 1.165) is 39.0 Å². The van der Waals surface area contributed by atoms with Crippen molar-refractivity contribution in [2.45, 2.75) is 5.41 Å². The largest absolute Gasteiger partial charge is 0.456 e. The summed E-state index contributed by atoms with van der Waals surface area (Å²) in [6, 6.07) is 68.3. The van der Waals surface area contributed by atoms with Crippen molar-refractivity contribution in [3.05, 3.63) is 210 Å². The van der Waals surface area contributed by atoms with Gasteiger partial charge in [0.15, 0.2) is 0 Å². The van der Waals surface area contributed by atoms with Gasteiger partial charge in [-0.2, -0.15) is 0 Å². The van der Waals surface area contributed by atoms with E-state index in [0.29, 0.717) is 0 Å². The molecule has 2 heterocycles. The Kier molecular flexibility index (Phi) is 6.37. The lowest BCUT2D eigenvalue weighted by atomic mass is 9.67. The first-order valence-corrected chi connectivity index (χ1v) is 18.6. The zero-order valence-corrected chi connectivity index (χ0v) is 29.0. The van der Waals surface area contributed by atoms with E-state index in [4.69, 9.17) is 4.42 Å². The van der Waals surface area contributed by atoms with Crippen molar-refractivity contribution < 1.29 is 4.42 Å². The molecule has 0 unspecified atom stereocenters. The minimum Gasteiger partial charge on any atom is -0.456 e. The molecule has 0 atom stereocenters. The van der Waals surface area contributed by atoms with Crippen molar-refractivity contribution in [2.75, 3.05) is 4.90 Å². The number of para-hydroxylation sites is 1. The van der Waals surface area contributed by atoms with Gasteiger partial charge in [-0.15, -0.1) is 11.3 Å². The first-order chi connectivity index (χ1) is 25.8. The van der Waals surface area contributed by atoms with Crippen molar-refractivity contribution in [3.8, 4) is 11.1 Å². The van der Waals surface area contributed by atoms with Crippen molar-refractivity contribution in [1.82, 2.24) is 0 Å². The summed E-state index contributed by atoms with van der Waals surface area (Å²) in [6.07, 6.45) is 0. The zero-order valence-electron chi connectivity index (χ0n) is 28.2. The van der Waals surface area contributed by atoms with Gasteiger partial charge in [0.05, 0.1) is 16.5 Å². The molecule has 1 aliphatic carbocycles. The van der Waals surface area contributed by atoms with E-state index in [1.807, 2.05) is 11.3 Å². The van der Waals surface area contributed by atoms with Gasteiger partial charge in [-0.3, -0.25) is 0 Å². The smallest absolute Gasteiger partial charge is 0.137 e. The third kappa shape index (κ3) is 4.11. The Labute approximate surface area is 305 Å². The lowest BCUT2D eigenvalue weighted by molar-refractivity contribution is 0.666. The zero-order chi connectivity index (χ0) is 34.2. The van der Waals surface area contributed by atoms with E-state index in [9.17, 15) is 0 Å². The van der Waals surface area contributed by atoms with Crippen LogP contribution in [0.15, 0.2) is 192 Å². The fourth-order valence-electron chi connectivity index (χ4n) is 8.79. The first-order valence-electron chi connectivity index (χ1n) is 17.8. The Morgan fingerprint density at radius 3 is 1.88 bits per heavy atom. The second-order valence-corrected chi connectivity index (χ2v) is 14.7. The average Bonchev–Trinajstić information content (AvgIpc) is 3.86. The molecule has 0 bridgehead atoms. The average molecular weight is 682 g/mol. The highest BCUT2D eigenvalue weighted by molar-refractivity contribution is 7.25. The quantitative estimate of drug-likeness (QED) is 0.180. The number of thiophene rings is 1. The number of rotatable bonds is 5. The highest BCUT2D eigenvalue weighted by Crippen LogP contribution is 2.58. The van der Waals surface area contributed by atoms with Crippen LogP contribution in [0.2, 0.25) is 0 Å². The summed E-state index contributed by atoms with van der Waals surface area (Å²) in [6.45, 7) is 0. The van der Waals surface area contributed by atoms with Crippen LogP contribution >= 0.6 is 11.3 Å². The molecular formula is C49H31NOS. The summed E-state index contributed by atoms with van der Waals surface area (Å²) >= 11 is 1.85. The minimum atomic E-state index is -0.487. The van der Waals surface area contributed by atoms with Crippen LogP contribution in [-0.2, 0) is 5.41 Å². The Morgan fingerprint density at radius 1 is 0.423 bits per heavy atom. The van der Waals surface area contributed by atoms with E-state index < -0.39 is 5.41 Å². The van der Waals surface area contributed by atoms with Crippen molar-refractivity contribution >= 4 is 70.5 Å². The van der Waals surface area contributed by atoms with E-state index in [1.165, 1.54) is 53.6 Å². The molecule has 3 heteroatoms. The standard InChI is InChI=1S/C49H31NOS/c1-4-15-32(16-5-1)49(33-17-6-2-7-18-33)41-23-12-10-21-36(41)38-30-40-45(31-42(38)49)51-44-25-14-24-43(48(40)44)50(34-19-8-3-9-20-34)35-27-28-47-39(29-35)37-22-11-13-26-46(37)52-47/h1-31H. The maximum absolute atomic E-state index is 6.89. The summed E-state index contributed by atoms with van der Waals surface area (Å²) in [5.41, 5.74) is 12.1. The van der Waals surface area contributed by atoms with Gasteiger partial charge >= 0.3 is 0 Å². The summed E-state index contributed by atoms with van der Waals surface area (Å²) in [4.78, 5) is 2.39. The molecular weight excluding hydrogens is 651 g/mol. The fourth-order valence-corrected chi connectivity index (χ4v) is 9.87. The summed E-state index contributed by atoms with van der Waals surface area (Å²) in [5.74, 6) is 0. The summed E-state index contributed by atoms with van der Waals surface area (Å²) < 4.78 is 9.49. The Balaban J connectivity index is 1.20. The lowest BCUT2D eigenvalue weighted by Crippen LogP contribution is -2.28. The van der Waals surface area contributed by atoms with Crippen LogP contribution < -0.4 is 4.90 Å². The number of furan rings is 1. The van der Waals surface area contributed by atoms with Crippen LogP contribution in [0.4, 0.5) is 17.1 Å². The molecule has 0 aliphatic heterocycles. The predicted molar refractivity (Wildman–Crippen MR) is 219 cm³/mol. The monoisotopic (exact) mass is 681 g/mol. The number of hydrogen-bond acceptors (Lipinski definition) is 3. The molecule has 8 aromatic carbocycles. The highest BCUT2D eigenvalue weighted by atomic mass is 32.1. The van der Waals surface area contributed by atoms with Crippen molar-refractivity contribution in [2.24, 2.45) is 0 Å². The Morgan fingerprint density at radius 2 is 1.10 bits per heavy atom. The third-order valence-electron chi connectivity index (χ3n) is 10.9. The first kappa shape index (κ1) is 29.3. The molecule has 2 aromatic heterocycles. The molecule has 0 saturated heterocycles. The number of nitrogens with zero attached hydrogens (tertiary/aromatic N) is 1. The topological polar surface area (TPSA) is 16.4 Å². The number of anilines is 3. The number of hydrogen-bond donors (Lipinski definition) is 0. The number of benzene rings is 8. The van der Waals surface area contributed by atoms with Crippen LogP contribution in [0.1, 0.15) is 22.3 Å². The molecule has 0 amide bonds. The highest BCUT2D eigenvalue weighted by Gasteiger charge is 2.46. The molecule has 1 aliphatic rings. The maximum atomic E-state index is 6.89. The second-order valence-electron chi connectivity index (χ2n) is 13.6. The van der Waals surface area contributed by atoms with Crippen LogP contribution in [-0.4, -0.2) is 0 Å². The molecule has 0 radical (unpaired) electrons. The van der Waals surface area contributed by atoms with Gasteiger partial charge in [0.25, 0.3) is 0 Å². The van der Waals surface area contributed by atoms with Crippen LogP contribution in [0.25, 0.3) is 53.2 Å². The SMILES string of the molecule is c1ccc(N(c2ccc3sc4ccccc4c3c2)c2cccc3oc4cc5c(cc4c23)-c2ccccc2C5(c2ccccc2)c2ccccc2)cc1. The van der Waals surface area contributed by atoms with Crippen LogP contribution in [0.3, 0.4) is 0 Å². The molecule has 244 valence electrons. The van der Waals surface area contributed by atoms with Gasteiger partial charge in [-0.25, -0.2) is 0 Å². The van der Waals surface area contributed by atoms with Gasteiger partial charge in [-0.05, 0) is 94.0 Å². The summed E-state index contributed by atoms with van der Waals surface area (Å²) in [5, 5.41) is 4.78. The van der Waals surface area contributed by atoms with Gasteiger partial charge in [0, 0.05) is 36.9 Å². The molecule has 11 rings (SSSR count). The molecule has 52 heavy (non-hydrogen) atoms. The fraction of sp³-hybridized carbons (Fsp3) is 0.0204. The summed E-state index contributed by atoms with van der Waals surface area (Å²) in [7, 11) is 0. The van der Waals surface area contributed by atoms with E-state index in [2.05, 4.69) is 193 Å². The number of fused-ring (bicyclic) bond motifs is 9. The van der Waals surface area contributed by atoms with Gasteiger partial charge in [0.1, 0.15) is 11.2 Å². The van der Waals surface area contributed by atoms with Crippen molar-refractivity contribution in [1.29, 1.82) is 0 Å². The van der Waals surface area contributed by atoms with Crippen molar-refractivity contribution in [3.63, 3.8) is 0 Å². The molecule has 0 N–H and O–H groups in total. The van der Waals surface area contributed by atoms with Gasteiger partial charge in [0.2, 0.25) is 0 Å². The third-order valence-corrected chi connectivity index (χ3v) is 12.1. The normalized spacial score (nSPS) is 13.2. The Bertz CT molecular complexity index is 2920. The van der Waals surface area contributed by atoms with Gasteiger partial charge < -0.3 is 9.32 Å². The second kappa shape index (κ2) is 11.3. The maximum Gasteiger partial charge on any atom is 0.137 e.